The summed E-state index contributed by atoms with van der Waals surface area (Å²) in [6, 6.07) is 59.9. The summed E-state index contributed by atoms with van der Waals surface area (Å²) in [5.41, 5.74) is 8.63. The van der Waals surface area contributed by atoms with E-state index >= 15 is 0 Å². The monoisotopic (exact) mass is 868 g/mol. The number of hydrogen-bond acceptors (Lipinski definition) is 6. The second kappa shape index (κ2) is 18.3. The maximum atomic E-state index is 13.5. The van der Waals surface area contributed by atoms with Gasteiger partial charge in [0.15, 0.2) is 0 Å². The Kier molecular flexibility index (Phi) is 12.5. The molecule has 0 aromatic heterocycles. The van der Waals surface area contributed by atoms with Gasteiger partial charge in [-0.25, -0.2) is 16.8 Å². The predicted octanol–water partition coefficient (Wildman–Crippen LogP) is 14.1. The summed E-state index contributed by atoms with van der Waals surface area (Å²) in [5, 5.41) is 0. The molecule has 316 valence electrons. The molecule has 0 spiro atoms. The van der Waals surface area contributed by atoms with E-state index in [2.05, 4.69) is 45.0 Å². The molecule has 0 heterocycles. The highest BCUT2D eigenvalue weighted by molar-refractivity contribution is 7.91. The zero-order chi connectivity index (χ0) is 44.1. The Bertz CT molecular complexity index is 3060. The molecule has 0 N–H and O–H groups in total. The molecule has 0 saturated heterocycles. The smallest absolute Gasteiger partial charge is 0.206 e. The third-order valence-electron chi connectivity index (χ3n) is 11.2. The van der Waals surface area contributed by atoms with E-state index in [1.165, 1.54) is 0 Å². The van der Waals surface area contributed by atoms with Crippen molar-refractivity contribution in [3.63, 3.8) is 0 Å². The predicted molar refractivity (Wildman–Crippen MR) is 252 cm³/mol. The summed E-state index contributed by atoms with van der Waals surface area (Å²) >= 11 is 0. The van der Waals surface area contributed by atoms with Crippen molar-refractivity contribution in [2.45, 2.75) is 65.7 Å². The fourth-order valence-corrected chi connectivity index (χ4v) is 10.1. The molecule has 0 aliphatic carbocycles. The van der Waals surface area contributed by atoms with Gasteiger partial charge in [-0.2, -0.15) is 0 Å². The molecule has 0 bridgehead atoms. The molecule has 8 aromatic rings. The highest BCUT2D eigenvalue weighted by Crippen LogP contribution is 2.41. The number of hydrogen-bond donors (Lipinski definition) is 0. The van der Waals surface area contributed by atoms with Crippen LogP contribution >= 0.6 is 0 Å². The lowest BCUT2D eigenvalue weighted by Crippen LogP contribution is -2.08. The molecular formula is C55H48O6S2. The first-order valence-corrected chi connectivity index (χ1v) is 24.0. The number of benzene rings is 8. The van der Waals surface area contributed by atoms with Crippen LogP contribution in [0.15, 0.2) is 214 Å². The molecule has 0 saturated carbocycles. The van der Waals surface area contributed by atoms with Crippen molar-refractivity contribution in [3.8, 4) is 50.6 Å². The van der Waals surface area contributed by atoms with Crippen LogP contribution in [-0.4, -0.2) is 16.8 Å². The minimum absolute atomic E-state index is 0.194. The Morgan fingerprint density at radius 1 is 0.444 bits per heavy atom. The van der Waals surface area contributed by atoms with E-state index in [-0.39, 0.29) is 25.7 Å². The van der Waals surface area contributed by atoms with Crippen LogP contribution in [0, 0.1) is 6.92 Å². The molecule has 8 rings (SSSR count). The van der Waals surface area contributed by atoms with Gasteiger partial charge >= 0.3 is 0 Å². The molecule has 1 unspecified atom stereocenters. The SMILES string of the molecule is CCC(Oc1ccc(-c2ccc(Oc3ccc(S(=O)(=O)c4ccc(C(C)C)cc4)cc3)c(-c3ccccc3)c2)cc1-c1ccccc1)c1ccc(S(=O)(=O)c2ccc(C)cc2)cc1. The normalized spacial score (nSPS) is 12.2. The molecule has 1 atom stereocenters. The Balaban J connectivity index is 1.08. The topological polar surface area (TPSA) is 86.7 Å². The molecular weight excluding hydrogens is 821 g/mol. The lowest BCUT2D eigenvalue weighted by Gasteiger charge is -2.22. The van der Waals surface area contributed by atoms with E-state index in [4.69, 9.17) is 9.47 Å². The van der Waals surface area contributed by atoms with Gasteiger partial charge in [0.2, 0.25) is 19.7 Å². The number of rotatable bonds is 14. The van der Waals surface area contributed by atoms with E-state index in [0.29, 0.717) is 29.6 Å². The minimum Gasteiger partial charge on any atom is -0.485 e. The van der Waals surface area contributed by atoms with Gasteiger partial charge < -0.3 is 9.47 Å². The largest absolute Gasteiger partial charge is 0.485 e. The average molecular weight is 869 g/mol. The van der Waals surface area contributed by atoms with Crippen molar-refractivity contribution < 1.29 is 26.3 Å². The van der Waals surface area contributed by atoms with Crippen LogP contribution in [0.25, 0.3) is 33.4 Å². The summed E-state index contributed by atoms with van der Waals surface area (Å²) in [7, 11) is -7.37. The molecule has 63 heavy (non-hydrogen) atoms. The quantitative estimate of drug-likeness (QED) is 0.108. The van der Waals surface area contributed by atoms with Crippen LogP contribution in [0.5, 0.6) is 17.2 Å². The summed E-state index contributed by atoms with van der Waals surface area (Å²) in [5.74, 6) is 2.14. The van der Waals surface area contributed by atoms with Crippen LogP contribution < -0.4 is 9.47 Å². The Hall–Kier alpha value is -6.74. The first-order valence-electron chi connectivity index (χ1n) is 21.0. The van der Waals surface area contributed by atoms with Crippen LogP contribution in [0.2, 0.25) is 0 Å². The van der Waals surface area contributed by atoms with Gasteiger partial charge in [-0.3, -0.25) is 0 Å². The molecule has 0 amide bonds. The zero-order valence-electron chi connectivity index (χ0n) is 35.6. The van der Waals surface area contributed by atoms with E-state index in [1.54, 1.807) is 72.8 Å². The van der Waals surface area contributed by atoms with E-state index in [1.807, 2.05) is 104 Å². The second-order valence-electron chi connectivity index (χ2n) is 15.9. The lowest BCUT2D eigenvalue weighted by molar-refractivity contribution is 0.202. The van der Waals surface area contributed by atoms with Crippen molar-refractivity contribution in [2.75, 3.05) is 0 Å². The first kappa shape index (κ1) is 42.9. The molecule has 8 heteroatoms. The third kappa shape index (κ3) is 9.38. The van der Waals surface area contributed by atoms with E-state index in [0.717, 1.165) is 50.1 Å². The molecule has 0 aliphatic heterocycles. The summed E-state index contributed by atoms with van der Waals surface area (Å²) in [6.07, 6.45) is 0.327. The fourth-order valence-electron chi connectivity index (χ4n) is 7.53. The number of aryl methyl sites for hydroxylation is 1. The van der Waals surface area contributed by atoms with Crippen LogP contribution in [0.1, 0.15) is 55.9 Å². The van der Waals surface area contributed by atoms with Crippen molar-refractivity contribution in [2.24, 2.45) is 0 Å². The molecule has 0 fully saturated rings. The van der Waals surface area contributed by atoms with Crippen LogP contribution in [0.3, 0.4) is 0 Å². The summed E-state index contributed by atoms with van der Waals surface area (Å²) in [6.45, 7) is 8.13. The van der Waals surface area contributed by atoms with E-state index in [9.17, 15) is 16.8 Å². The molecule has 8 aromatic carbocycles. The van der Waals surface area contributed by atoms with E-state index < -0.39 is 19.7 Å². The van der Waals surface area contributed by atoms with Gasteiger partial charge in [0, 0.05) is 11.1 Å². The highest BCUT2D eigenvalue weighted by Gasteiger charge is 2.22. The standard InChI is InChI=1S/C55H48O6S2/c1-5-53(43-20-30-49(31-21-43)62(56,57)47-26-16-39(4)17-27-47)61-55-35-23-45(37-52(55)42-14-10-7-11-15-42)44-22-34-54(51(36-44)41-12-8-6-9-13-41)60-46-24-32-50(33-25-46)63(58,59)48-28-18-40(19-29-48)38(2)3/h6-38,53H,5H2,1-4H3. The maximum Gasteiger partial charge on any atom is 0.206 e. The summed E-state index contributed by atoms with van der Waals surface area (Å²) in [4.78, 5) is 0.943. The van der Waals surface area contributed by atoms with Gasteiger partial charge in [-0.15, -0.1) is 0 Å². The van der Waals surface area contributed by atoms with Gasteiger partial charge in [0.05, 0.1) is 19.6 Å². The number of ether oxygens (including phenoxy) is 2. The van der Waals surface area contributed by atoms with Crippen molar-refractivity contribution in [1.82, 2.24) is 0 Å². The minimum atomic E-state index is -3.71. The first-order chi connectivity index (χ1) is 30.4. The molecule has 0 aliphatic rings. The summed E-state index contributed by atoms with van der Waals surface area (Å²) < 4.78 is 67.0. The number of sulfone groups is 2. The van der Waals surface area contributed by atoms with Crippen molar-refractivity contribution in [1.29, 1.82) is 0 Å². The fraction of sp³-hybridized carbons (Fsp3) is 0.127. The Labute approximate surface area is 371 Å². The maximum absolute atomic E-state index is 13.5. The second-order valence-corrected chi connectivity index (χ2v) is 19.8. The van der Waals surface area contributed by atoms with Crippen LogP contribution in [0.4, 0.5) is 0 Å². The van der Waals surface area contributed by atoms with Gasteiger partial charge in [0.25, 0.3) is 0 Å². The zero-order valence-corrected chi connectivity index (χ0v) is 37.2. The lowest BCUT2D eigenvalue weighted by atomic mass is 9.95. The average Bonchev–Trinajstić information content (AvgIpc) is 3.32. The molecule has 6 nitrogen and oxygen atoms in total. The molecule has 0 radical (unpaired) electrons. The van der Waals surface area contributed by atoms with Gasteiger partial charge in [0.1, 0.15) is 23.4 Å². The highest BCUT2D eigenvalue weighted by atomic mass is 32.2. The van der Waals surface area contributed by atoms with Gasteiger partial charge in [-0.05, 0) is 138 Å². The van der Waals surface area contributed by atoms with Crippen molar-refractivity contribution in [3.05, 3.63) is 211 Å². The Morgan fingerprint density at radius 3 is 1.32 bits per heavy atom. The van der Waals surface area contributed by atoms with Gasteiger partial charge in [-0.1, -0.05) is 136 Å². The third-order valence-corrected chi connectivity index (χ3v) is 14.8. The Morgan fingerprint density at radius 2 is 0.857 bits per heavy atom. The van der Waals surface area contributed by atoms with Crippen molar-refractivity contribution >= 4 is 19.7 Å². The van der Waals surface area contributed by atoms with Crippen LogP contribution in [-0.2, 0) is 19.7 Å².